The van der Waals surface area contributed by atoms with E-state index in [2.05, 4.69) is 10.6 Å². The van der Waals surface area contributed by atoms with E-state index in [1.54, 1.807) is 54.1 Å². The quantitative estimate of drug-likeness (QED) is 0.684. The van der Waals surface area contributed by atoms with Gasteiger partial charge in [0.05, 0.1) is 18.4 Å². The molecule has 3 N–H and O–H groups in total. The standard InChI is InChI=1S/C18H17F3N4O3/c1-28-16(26)12-5-6-25-14(9-22-15(25)8-12)11-3-2-4-13(7-11)24-17(27)23-10-18(19,20)21/h2-9,15,22H,10H2,1H3,(H2,23,24,27). The van der Waals surface area contributed by atoms with Gasteiger partial charge in [0.2, 0.25) is 0 Å². The zero-order chi connectivity index (χ0) is 20.3. The van der Waals surface area contributed by atoms with Crippen LogP contribution in [0.5, 0.6) is 0 Å². The third-order valence-corrected chi connectivity index (χ3v) is 4.01. The molecule has 3 rings (SSSR count). The van der Waals surface area contributed by atoms with Gasteiger partial charge in [-0.15, -0.1) is 0 Å². The number of carbonyl (C=O) groups excluding carboxylic acids is 2. The van der Waals surface area contributed by atoms with E-state index in [1.807, 2.05) is 4.90 Å². The summed E-state index contributed by atoms with van der Waals surface area (Å²) in [6.45, 7) is -1.41. The Bertz CT molecular complexity index is 877. The number of nitrogens with one attached hydrogen (secondary N) is 3. The van der Waals surface area contributed by atoms with E-state index in [-0.39, 0.29) is 6.17 Å². The maximum atomic E-state index is 12.2. The molecule has 10 heteroatoms. The van der Waals surface area contributed by atoms with Crippen molar-refractivity contribution in [3.05, 3.63) is 60.0 Å². The Morgan fingerprint density at radius 3 is 2.82 bits per heavy atom. The Morgan fingerprint density at radius 1 is 1.32 bits per heavy atom. The van der Waals surface area contributed by atoms with Crippen LogP contribution in [0.25, 0.3) is 5.70 Å². The number of rotatable bonds is 4. The molecule has 0 saturated carbocycles. The number of benzene rings is 1. The van der Waals surface area contributed by atoms with Crippen LogP contribution >= 0.6 is 0 Å². The zero-order valence-corrected chi connectivity index (χ0v) is 14.7. The lowest BCUT2D eigenvalue weighted by molar-refractivity contribution is -0.135. The molecular weight excluding hydrogens is 377 g/mol. The average Bonchev–Trinajstić information content (AvgIpc) is 3.08. The molecule has 0 aromatic heterocycles. The largest absolute Gasteiger partial charge is 0.465 e. The van der Waals surface area contributed by atoms with Crippen LogP contribution in [-0.4, -0.2) is 42.9 Å². The van der Waals surface area contributed by atoms with E-state index >= 15 is 0 Å². The summed E-state index contributed by atoms with van der Waals surface area (Å²) in [7, 11) is 1.30. The fourth-order valence-electron chi connectivity index (χ4n) is 2.76. The number of hydrogen-bond donors (Lipinski definition) is 3. The Balaban J connectivity index is 1.68. The number of urea groups is 1. The summed E-state index contributed by atoms with van der Waals surface area (Å²) in [6, 6.07) is 5.72. The number of fused-ring (bicyclic) bond motifs is 1. The zero-order valence-electron chi connectivity index (χ0n) is 14.7. The molecule has 0 spiro atoms. The lowest BCUT2D eigenvalue weighted by Crippen LogP contribution is -2.36. The number of nitrogens with zero attached hydrogens (tertiary/aromatic N) is 1. The number of methoxy groups -OCH3 is 1. The van der Waals surface area contributed by atoms with Crippen molar-refractivity contribution in [1.29, 1.82) is 0 Å². The van der Waals surface area contributed by atoms with Crippen LogP contribution in [-0.2, 0) is 9.53 Å². The number of ether oxygens (including phenoxy) is 1. The van der Waals surface area contributed by atoms with E-state index in [0.717, 1.165) is 11.3 Å². The second-order valence-corrected chi connectivity index (χ2v) is 5.98. The number of anilines is 1. The number of hydrogen-bond acceptors (Lipinski definition) is 5. The molecule has 1 unspecified atom stereocenters. The smallest absolute Gasteiger partial charge is 0.405 e. The predicted molar refractivity (Wildman–Crippen MR) is 95.5 cm³/mol. The van der Waals surface area contributed by atoms with Crippen LogP contribution in [0.2, 0.25) is 0 Å². The molecular formula is C18H17F3N4O3. The van der Waals surface area contributed by atoms with Gasteiger partial charge in [0.1, 0.15) is 12.7 Å². The minimum Gasteiger partial charge on any atom is -0.465 e. The Hall–Kier alpha value is -3.43. The van der Waals surface area contributed by atoms with Gasteiger partial charge in [-0.1, -0.05) is 12.1 Å². The molecule has 28 heavy (non-hydrogen) atoms. The van der Waals surface area contributed by atoms with E-state index in [4.69, 9.17) is 4.74 Å². The average molecular weight is 394 g/mol. The van der Waals surface area contributed by atoms with Crippen molar-refractivity contribution in [2.24, 2.45) is 0 Å². The van der Waals surface area contributed by atoms with Crippen LogP contribution in [0.4, 0.5) is 23.7 Å². The fraction of sp³-hybridized carbons (Fsp3) is 0.222. The molecule has 2 heterocycles. The maximum absolute atomic E-state index is 12.2. The van der Waals surface area contributed by atoms with Crippen molar-refractivity contribution in [3.8, 4) is 0 Å². The van der Waals surface area contributed by atoms with Gasteiger partial charge in [-0.25, -0.2) is 9.59 Å². The SMILES string of the molecule is COC(=O)C1=CC2NC=C(c3cccc(NC(=O)NCC(F)(F)F)c3)N2C=C1. The Kier molecular flexibility index (Phi) is 5.30. The molecule has 0 bridgehead atoms. The summed E-state index contributed by atoms with van der Waals surface area (Å²) in [5.41, 5.74) is 2.25. The maximum Gasteiger partial charge on any atom is 0.405 e. The number of halogens is 3. The van der Waals surface area contributed by atoms with Gasteiger partial charge >= 0.3 is 18.2 Å². The van der Waals surface area contributed by atoms with Crippen LogP contribution in [0.15, 0.2) is 54.4 Å². The molecule has 1 atom stereocenters. The molecule has 0 aliphatic carbocycles. The Morgan fingerprint density at radius 2 is 2.11 bits per heavy atom. The second kappa shape index (κ2) is 7.67. The first-order chi connectivity index (χ1) is 13.3. The summed E-state index contributed by atoms with van der Waals surface area (Å²) >= 11 is 0. The van der Waals surface area contributed by atoms with Crippen LogP contribution in [0.1, 0.15) is 5.56 Å². The summed E-state index contributed by atoms with van der Waals surface area (Å²) in [6.07, 6.45) is 2.04. The molecule has 0 saturated heterocycles. The molecule has 1 aromatic rings. The van der Waals surface area contributed by atoms with Crippen molar-refractivity contribution in [2.75, 3.05) is 19.0 Å². The van der Waals surface area contributed by atoms with Gasteiger partial charge in [0, 0.05) is 23.7 Å². The lowest BCUT2D eigenvalue weighted by atomic mass is 10.1. The highest BCUT2D eigenvalue weighted by Crippen LogP contribution is 2.30. The second-order valence-electron chi connectivity index (χ2n) is 5.98. The van der Waals surface area contributed by atoms with Gasteiger partial charge in [-0.2, -0.15) is 13.2 Å². The number of alkyl halides is 3. The molecule has 148 valence electrons. The fourth-order valence-corrected chi connectivity index (χ4v) is 2.76. The first-order valence-corrected chi connectivity index (χ1v) is 8.22. The monoisotopic (exact) mass is 394 g/mol. The first-order valence-electron chi connectivity index (χ1n) is 8.22. The van der Waals surface area contributed by atoms with E-state index in [1.165, 1.54) is 7.11 Å². The van der Waals surface area contributed by atoms with Gasteiger partial charge in [-0.3, -0.25) is 0 Å². The predicted octanol–water partition coefficient (Wildman–Crippen LogP) is 2.53. The van der Waals surface area contributed by atoms with E-state index < -0.39 is 24.7 Å². The molecule has 1 aromatic carbocycles. The van der Waals surface area contributed by atoms with Crippen molar-refractivity contribution < 1.29 is 27.5 Å². The lowest BCUT2D eigenvalue weighted by Gasteiger charge is -2.27. The van der Waals surface area contributed by atoms with E-state index in [9.17, 15) is 22.8 Å². The van der Waals surface area contributed by atoms with Crippen LogP contribution in [0.3, 0.4) is 0 Å². The summed E-state index contributed by atoms with van der Waals surface area (Å²) in [4.78, 5) is 25.1. The summed E-state index contributed by atoms with van der Waals surface area (Å²) in [5, 5.41) is 7.24. The minimum absolute atomic E-state index is 0.277. The summed E-state index contributed by atoms with van der Waals surface area (Å²) in [5.74, 6) is -0.442. The normalized spacial score (nSPS) is 17.9. The number of amides is 2. The van der Waals surface area contributed by atoms with E-state index in [0.29, 0.717) is 11.3 Å². The number of esters is 1. The van der Waals surface area contributed by atoms with Crippen LogP contribution < -0.4 is 16.0 Å². The van der Waals surface area contributed by atoms with Crippen molar-refractivity contribution in [1.82, 2.24) is 15.5 Å². The van der Waals surface area contributed by atoms with Crippen molar-refractivity contribution >= 4 is 23.4 Å². The van der Waals surface area contributed by atoms with Gasteiger partial charge in [0.25, 0.3) is 0 Å². The van der Waals surface area contributed by atoms with Gasteiger partial charge < -0.3 is 25.6 Å². The molecule has 0 fully saturated rings. The molecule has 2 amide bonds. The number of carbonyl (C=O) groups is 2. The van der Waals surface area contributed by atoms with Crippen molar-refractivity contribution in [2.45, 2.75) is 12.3 Å². The highest BCUT2D eigenvalue weighted by atomic mass is 19.4. The highest BCUT2D eigenvalue weighted by Gasteiger charge is 2.29. The third kappa shape index (κ3) is 4.45. The molecule has 2 aliphatic heterocycles. The topological polar surface area (TPSA) is 82.7 Å². The summed E-state index contributed by atoms with van der Waals surface area (Å²) < 4.78 is 41.2. The Labute approximate surface area is 158 Å². The molecule has 2 aliphatic rings. The minimum atomic E-state index is -4.48. The van der Waals surface area contributed by atoms with Crippen LogP contribution in [0, 0.1) is 0 Å². The van der Waals surface area contributed by atoms with Gasteiger partial charge in [0.15, 0.2) is 0 Å². The first kappa shape index (κ1) is 19.3. The highest BCUT2D eigenvalue weighted by molar-refractivity contribution is 5.92. The molecule has 0 radical (unpaired) electrons. The third-order valence-electron chi connectivity index (χ3n) is 4.01. The van der Waals surface area contributed by atoms with Gasteiger partial charge in [-0.05, 0) is 24.3 Å². The molecule has 7 nitrogen and oxygen atoms in total. The van der Waals surface area contributed by atoms with Crippen molar-refractivity contribution in [3.63, 3.8) is 0 Å².